The third-order valence-electron chi connectivity index (χ3n) is 2.91. The molecule has 0 aliphatic carbocycles. The number of halogens is 1. The van der Waals surface area contributed by atoms with Gasteiger partial charge in [0.2, 0.25) is 0 Å². The lowest BCUT2D eigenvalue weighted by atomic mass is 10.0. The fourth-order valence-electron chi connectivity index (χ4n) is 2.09. The molecule has 3 aromatic rings. The molecule has 3 aromatic carbocycles. The first kappa shape index (κ1) is 10.1. The molecule has 0 saturated carbocycles. The topological polar surface area (TPSA) is 0 Å². The van der Waals surface area contributed by atoms with Crippen molar-refractivity contribution in [1.29, 1.82) is 0 Å². The summed E-state index contributed by atoms with van der Waals surface area (Å²) in [7, 11) is 0. The van der Waals surface area contributed by atoms with E-state index in [1.54, 1.807) is 0 Å². The van der Waals surface area contributed by atoms with E-state index in [4.69, 9.17) is 0 Å². The van der Waals surface area contributed by atoms with Crippen LogP contribution in [0.15, 0.2) is 48.5 Å². The second kappa shape index (κ2) is 3.74. The summed E-state index contributed by atoms with van der Waals surface area (Å²) in [5.41, 5.74) is 1.32. The minimum atomic E-state index is 1.29. The summed E-state index contributed by atoms with van der Waals surface area (Å²) in [4.78, 5) is 0. The van der Waals surface area contributed by atoms with E-state index in [1.807, 2.05) is 0 Å². The highest BCUT2D eigenvalue weighted by Crippen LogP contribution is 2.25. The van der Waals surface area contributed by atoms with Gasteiger partial charge in [-0.05, 0) is 75.3 Å². The first-order chi connectivity index (χ1) is 7.72. The maximum Gasteiger partial charge on any atom is 0.0136 e. The van der Waals surface area contributed by atoms with Crippen molar-refractivity contribution >= 4 is 44.1 Å². The molecule has 0 nitrogen and oxygen atoms in total. The number of hydrogen-bond donors (Lipinski definition) is 0. The number of aryl methyl sites for hydroxylation is 1. The van der Waals surface area contributed by atoms with Gasteiger partial charge in [0.15, 0.2) is 0 Å². The van der Waals surface area contributed by atoms with E-state index in [2.05, 4.69) is 78.0 Å². The molecule has 0 heterocycles. The average Bonchev–Trinajstić information content (AvgIpc) is 2.26. The summed E-state index contributed by atoms with van der Waals surface area (Å²) in [6, 6.07) is 17.7. The summed E-state index contributed by atoms with van der Waals surface area (Å²) in [6.45, 7) is 2.14. The Hall–Kier alpha value is -1.09. The fourth-order valence-corrected chi connectivity index (χ4v) is 2.60. The van der Waals surface area contributed by atoms with Crippen LogP contribution in [0, 0.1) is 10.5 Å². The molecular formula is C15H11I. The molecule has 0 N–H and O–H groups in total. The molecule has 0 aromatic heterocycles. The number of rotatable bonds is 0. The maximum absolute atomic E-state index is 2.36. The normalized spacial score (nSPS) is 11.1. The molecule has 0 aliphatic rings. The van der Waals surface area contributed by atoms with Crippen molar-refractivity contribution in [2.75, 3.05) is 0 Å². The summed E-state index contributed by atoms with van der Waals surface area (Å²) in [6.07, 6.45) is 0. The summed E-state index contributed by atoms with van der Waals surface area (Å²) < 4.78 is 1.29. The Morgan fingerprint density at radius 2 is 1.31 bits per heavy atom. The lowest BCUT2D eigenvalue weighted by Gasteiger charge is -2.04. The van der Waals surface area contributed by atoms with E-state index in [1.165, 1.54) is 30.7 Å². The van der Waals surface area contributed by atoms with Crippen molar-refractivity contribution in [2.45, 2.75) is 6.92 Å². The van der Waals surface area contributed by atoms with Crippen LogP contribution in [0.1, 0.15) is 5.56 Å². The summed E-state index contributed by atoms with van der Waals surface area (Å²) in [5, 5.41) is 5.29. The zero-order valence-electron chi connectivity index (χ0n) is 9.00. The predicted molar refractivity (Wildman–Crippen MR) is 78.9 cm³/mol. The molecule has 0 saturated heterocycles. The van der Waals surface area contributed by atoms with Crippen LogP contribution in [0.25, 0.3) is 21.5 Å². The third-order valence-corrected chi connectivity index (χ3v) is 3.58. The molecule has 1 heteroatoms. The van der Waals surface area contributed by atoms with Crippen molar-refractivity contribution in [1.82, 2.24) is 0 Å². The van der Waals surface area contributed by atoms with Gasteiger partial charge in [-0.15, -0.1) is 0 Å². The SMILES string of the molecule is Cc1ccc2cc3ccc(I)cc3cc2c1. The smallest absolute Gasteiger partial charge is 0.0136 e. The highest BCUT2D eigenvalue weighted by Gasteiger charge is 1.99. The predicted octanol–water partition coefficient (Wildman–Crippen LogP) is 4.91. The second-order valence-corrected chi connectivity index (χ2v) is 5.44. The number of benzene rings is 3. The summed E-state index contributed by atoms with van der Waals surface area (Å²) in [5.74, 6) is 0. The minimum absolute atomic E-state index is 1.29. The molecule has 0 fully saturated rings. The Morgan fingerprint density at radius 3 is 2.12 bits per heavy atom. The van der Waals surface area contributed by atoms with Crippen molar-refractivity contribution < 1.29 is 0 Å². The Kier molecular flexibility index (Phi) is 2.36. The molecule has 16 heavy (non-hydrogen) atoms. The quantitative estimate of drug-likeness (QED) is 0.408. The first-order valence-corrected chi connectivity index (χ1v) is 6.40. The van der Waals surface area contributed by atoms with Crippen LogP contribution in [-0.4, -0.2) is 0 Å². The molecular weight excluding hydrogens is 307 g/mol. The highest BCUT2D eigenvalue weighted by molar-refractivity contribution is 14.1. The molecule has 0 bridgehead atoms. The lowest BCUT2D eigenvalue weighted by Crippen LogP contribution is -1.79. The number of hydrogen-bond acceptors (Lipinski definition) is 0. The monoisotopic (exact) mass is 318 g/mol. The molecule has 3 rings (SSSR count). The van der Waals surface area contributed by atoms with Crippen molar-refractivity contribution in [3.05, 3.63) is 57.7 Å². The Labute approximate surface area is 108 Å². The van der Waals surface area contributed by atoms with Crippen LogP contribution < -0.4 is 0 Å². The molecule has 0 aliphatic heterocycles. The van der Waals surface area contributed by atoms with Gasteiger partial charge in [0.1, 0.15) is 0 Å². The average molecular weight is 318 g/mol. The fraction of sp³-hybridized carbons (Fsp3) is 0.0667. The molecule has 0 spiro atoms. The van der Waals surface area contributed by atoms with Gasteiger partial charge in [0.25, 0.3) is 0 Å². The van der Waals surface area contributed by atoms with E-state index >= 15 is 0 Å². The largest absolute Gasteiger partial charge is 0.0587 e. The Balaban J connectivity index is 2.44. The van der Waals surface area contributed by atoms with Crippen LogP contribution in [0.2, 0.25) is 0 Å². The minimum Gasteiger partial charge on any atom is -0.0587 e. The van der Waals surface area contributed by atoms with Gasteiger partial charge in [-0.3, -0.25) is 0 Å². The highest BCUT2D eigenvalue weighted by atomic mass is 127. The van der Waals surface area contributed by atoms with Crippen LogP contribution >= 0.6 is 22.6 Å². The molecule has 78 valence electrons. The zero-order chi connectivity index (χ0) is 11.1. The number of fused-ring (bicyclic) bond motifs is 2. The van der Waals surface area contributed by atoms with Gasteiger partial charge in [-0.1, -0.05) is 29.8 Å². The lowest BCUT2D eigenvalue weighted by molar-refractivity contribution is 1.51. The van der Waals surface area contributed by atoms with Gasteiger partial charge in [-0.25, -0.2) is 0 Å². The zero-order valence-corrected chi connectivity index (χ0v) is 11.2. The Bertz CT molecular complexity index is 626. The van der Waals surface area contributed by atoms with Crippen LogP contribution in [0.3, 0.4) is 0 Å². The van der Waals surface area contributed by atoms with Crippen LogP contribution in [0.4, 0.5) is 0 Å². The first-order valence-electron chi connectivity index (χ1n) is 5.32. The van der Waals surface area contributed by atoms with E-state index in [9.17, 15) is 0 Å². The van der Waals surface area contributed by atoms with Crippen molar-refractivity contribution in [2.24, 2.45) is 0 Å². The van der Waals surface area contributed by atoms with Gasteiger partial charge >= 0.3 is 0 Å². The third kappa shape index (κ3) is 1.69. The van der Waals surface area contributed by atoms with Gasteiger partial charge < -0.3 is 0 Å². The Morgan fingerprint density at radius 1 is 0.688 bits per heavy atom. The van der Waals surface area contributed by atoms with Gasteiger partial charge in [0.05, 0.1) is 0 Å². The standard InChI is InChI=1S/C15H11I/c1-10-2-3-11-7-12-4-5-15(16)9-14(12)8-13(11)6-10/h2-9H,1H3. The van der Waals surface area contributed by atoms with Gasteiger partial charge in [0, 0.05) is 3.57 Å². The van der Waals surface area contributed by atoms with Crippen molar-refractivity contribution in [3.63, 3.8) is 0 Å². The van der Waals surface area contributed by atoms with Crippen LogP contribution in [0.5, 0.6) is 0 Å². The summed E-state index contributed by atoms with van der Waals surface area (Å²) >= 11 is 2.36. The molecule has 0 atom stereocenters. The van der Waals surface area contributed by atoms with E-state index in [-0.39, 0.29) is 0 Å². The van der Waals surface area contributed by atoms with Crippen molar-refractivity contribution in [3.8, 4) is 0 Å². The van der Waals surface area contributed by atoms with Gasteiger partial charge in [-0.2, -0.15) is 0 Å². The molecule has 0 unspecified atom stereocenters. The van der Waals surface area contributed by atoms with Crippen LogP contribution in [-0.2, 0) is 0 Å². The maximum atomic E-state index is 2.36. The van der Waals surface area contributed by atoms with E-state index in [0.29, 0.717) is 0 Å². The molecule has 0 radical (unpaired) electrons. The second-order valence-electron chi connectivity index (χ2n) is 4.19. The van der Waals surface area contributed by atoms with E-state index in [0.717, 1.165) is 0 Å². The molecule has 0 amide bonds. The van der Waals surface area contributed by atoms with E-state index < -0.39 is 0 Å².